The van der Waals surface area contributed by atoms with Gasteiger partial charge in [0.25, 0.3) is 5.91 Å². The van der Waals surface area contributed by atoms with Gasteiger partial charge in [0.05, 0.1) is 0 Å². The fourth-order valence-corrected chi connectivity index (χ4v) is 0.917. The van der Waals surface area contributed by atoms with Crippen molar-refractivity contribution in [1.29, 1.82) is 0 Å². The molecule has 14 heavy (non-hydrogen) atoms. The number of H-pyrrole nitrogens is 1. The van der Waals surface area contributed by atoms with Crippen LogP contribution in [0.25, 0.3) is 0 Å². The molecule has 1 amide bonds. The lowest BCUT2D eigenvalue weighted by atomic mass is 10.5. The second-order valence-electron chi connectivity index (χ2n) is 2.99. The van der Waals surface area contributed by atoms with Crippen LogP contribution in [0.4, 0.5) is 0 Å². The molecule has 0 saturated heterocycles. The van der Waals surface area contributed by atoms with Gasteiger partial charge in [-0.1, -0.05) is 6.92 Å². The van der Waals surface area contributed by atoms with E-state index in [0.29, 0.717) is 6.54 Å². The lowest BCUT2D eigenvalue weighted by Gasteiger charge is -2.13. The molecule has 0 aliphatic carbocycles. The molecular weight excluding hydrogens is 182 g/mol. The fraction of sp³-hybridized carbons (Fsp3) is 0.625. The van der Waals surface area contributed by atoms with Crippen LogP contribution in [-0.2, 0) is 0 Å². The normalized spacial score (nSPS) is 10.5. The molecule has 6 heteroatoms. The van der Waals surface area contributed by atoms with Crippen molar-refractivity contribution in [3.8, 4) is 0 Å². The molecule has 0 spiro atoms. The highest BCUT2D eigenvalue weighted by molar-refractivity contribution is 5.90. The van der Waals surface area contributed by atoms with Gasteiger partial charge in [-0.3, -0.25) is 9.89 Å². The van der Waals surface area contributed by atoms with Crippen molar-refractivity contribution in [2.24, 2.45) is 0 Å². The summed E-state index contributed by atoms with van der Waals surface area (Å²) in [6.45, 7) is 4.48. The predicted molar refractivity (Wildman–Crippen MR) is 51.9 cm³/mol. The first-order chi connectivity index (χ1) is 6.74. The number of aromatic nitrogens is 3. The van der Waals surface area contributed by atoms with Gasteiger partial charge in [0.1, 0.15) is 6.33 Å². The van der Waals surface area contributed by atoms with Crippen molar-refractivity contribution < 1.29 is 4.79 Å². The van der Waals surface area contributed by atoms with Crippen molar-refractivity contribution in [1.82, 2.24) is 25.4 Å². The molecule has 0 fully saturated rings. The number of carbonyl (C=O) groups is 1. The SMILES string of the molecule is CCN(C)CCNC(=O)c1ncn[nH]1. The van der Waals surface area contributed by atoms with E-state index in [-0.39, 0.29) is 11.7 Å². The van der Waals surface area contributed by atoms with Crippen LogP contribution in [0, 0.1) is 0 Å². The zero-order valence-corrected chi connectivity index (χ0v) is 8.45. The average molecular weight is 197 g/mol. The van der Waals surface area contributed by atoms with E-state index in [1.54, 1.807) is 0 Å². The van der Waals surface area contributed by atoms with Gasteiger partial charge in [-0.25, -0.2) is 4.98 Å². The Morgan fingerprint density at radius 2 is 2.50 bits per heavy atom. The van der Waals surface area contributed by atoms with Gasteiger partial charge in [0.15, 0.2) is 0 Å². The Bertz CT molecular complexity index is 271. The molecule has 0 radical (unpaired) electrons. The van der Waals surface area contributed by atoms with E-state index in [9.17, 15) is 4.79 Å². The molecule has 6 nitrogen and oxygen atoms in total. The van der Waals surface area contributed by atoms with Gasteiger partial charge in [-0.2, -0.15) is 5.10 Å². The number of carbonyl (C=O) groups excluding carboxylic acids is 1. The Kier molecular flexibility index (Phi) is 4.06. The first-order valence-electron chi connectivity index (χ1n) is 4.56. The Balaban J connectivity index is 2.23. The van der Waals surface area contributed by atoms with Crippen LogP contribution in [-0.4, -0.2) is 52.7 Å². The van der Waals surface area contributed by atoms with Crippen LogP contribution in [0.5, 0.6) is 0 Å². The Labute approximate surface area is 82.7 Å². The zero-order valence-electron chi connectivity index (χ0n) is 8.45. The Morgan fingerprint density at radius 3 is 3.07 bits per heavy atom. The highest BCUT2D eigenvalue weighted by Crippen LogP contribution is 1.84. The summed E-state index contributed by atoms with van der Waals surface area (Å²) in [5, 5.41) is 8.83. The third kappa shape index (κ3) is 3.14. The summed E-state index contributed by atoms with van der Waals surface area (Å²) < 4.78 is 0. The van der Waals surface area contributed by atoms with Gasteiger partial charge in [0.2, 0.25) is 5.82 Å². The molecular formula is C8H15N5O. The van der Waals surface area contributed by atoms with E-state index in [1.165, 1.54) is 6.33 Å². The highest BCUT2D eigenvalue weighted by atomic mass is 16.2. The van der Waals surface area contributed by atoms with E-state index in [2.05, 4.69) is 32.3 Å². The maximum Gasteiger partial charge on any atom is 0.288 e. The quantitative estimate of drug-likeness (QED) is 0.666. The van der Waals surface area contributed by atoms with Crippen LogP contribution in [0.2, 0.25) is 0 Å². The van der Waals surface area contributed by atoms with Crippen LogP contribution in [0.3, 0.4) is 0 Å². The van der Waals surface area contributed by atoms with Crippen molar-refractivity contribution in [2.45, 2.75) is 6.92 Å². The van der Waals surface area contributed by atoms with E-state index in [4.69, 9.17) is 0 Å². The first kappa shape index (κ1) is 10.6. The van der Waals surface area contributed by atoms with E-state index in [0.717, 1.165) is 13.1 Å². The van der Waals surface area contributed by atoms with Gasteiger partial charge in [0, 0.05) is 13.1 Å². The lowest BCUT2D eigenvalue weighted by Crippen LogP contribution is -2.33. The third-order valence-electron chi connectivity index (χ3n) is 1.95. The molecule has 0 aromatic carbocycles. The number of hydrogen-bond donors (Lipinski definition) is 2. The molecule has 0 saturated carbocycles. The van der Waals surface area contributed by atoms with Crippen molar-refractivity contribution in [3.05, 3.63) is 12.2 Å². The zero-order chi connectivity index (χ0) is 10.4. The van der Waals surface area contributed by atoms with Crippen molar-refractivity contribution in [2.75, 3.05) is 26.7 Å². The number of nitrogens with one attached hydrogen (secondary N) is 2. The highest BCUT2D eigenvalue weighted by Gasteiger charge is 2.06. The minimum Gasteiger partial charge on any atom is -0.348 e. The Morgan fingerprint density at radius 1 is 1.71 bits per heavy atom. The summed E-state index contributed by atoms with van der Waals surface area (Å²) in [5.41, 5.74) is 0. The second-order valence-corrected chi connectivity index (χ2v) is 2.99. The van der Waals surface area contributed by atoms with E-state index >= 15 is 0 Å². The molecule has 0 aliphatic heterocycles. The standard InChI is InChI=1S/C8H15N5O/c1-3-13(2)5-4-9-8(14)7-10-6-11-12-7/h6H,3-5H2,1-2H3,(H,9,14)(H,10,11,12). The number of aromatic amines is 1. The minimum absolute atomic E-state index is 0.216. The number of nitrogens with zero attached hydrogens (tertiary/aromatic N) is 3. The maximum absolute atomic E-state index is 11.3. The largest absolute Gasteiger partial charge is 0.348 e. The lowest BCUT2D eigenvalue weighted by molar-refractivity contribution is 0.0940. The van der Waals surface area contributed by atoms with Crippen LogP contribution >= 0.6 is 0 Å². The summed E-state index contributed by atoms with van der Waals surface area (Å²) in [4.78, 5) is 17.2. The summed E-state index contributed by atoms with van der Waals surface area (Å²) in [7, 11) is 2.00. The monoisotopic (exact) mass is 197 g/mol. The minimum atomic E-state index is -0.216. The fourth-order valence-electron chi connectivity index (χ4n) is 0.917. The van der Waals surface area contributed by atoms with Gasteiger partial charge < -0.3 is 10.2 Å². The first-order valence-corrected chi connectivity index (χ1v) is 4.56. The number of likely N-dealkylation sites (N-methyl/N-ethyl adjacent to an activating group) is 1. The molecule has 0 aliphatic rings. The molecule has 1 rings (SSSR count). The van der Waals surface area contributed by atoms with Crippen molar-refractivity contribution in [3.63, 3.8) is 0 Å². The molecule has 0 unspecified atom stereocenters. The van der Waals surface area contributed by atoms with E-state index in [1.807, 2.05) is 7.05 Å². The molecule has 1 aromatic rings. The molecule has 1 heterocycles. The molecule has 1 aromatic heterocycles. The van der Waals surface area contributed by atoms with E-state index < -0.39 is 0 Å². The smallest absolute Gasteiger partial charge is 0.288 e. The summed E-state index contributed by atoms with van der Waals surface area (Å²) in [6.07, 6.45) is 1.31. The van der Waals surface area contributed by atoms with Crippen molar-refractivity contribution >= 4 is 5.91 Å². The molecule has 78 valence electrons. The van der Waals surface area contributed by atoms with Gasteiger partial charge >= 0.3 is 0 Å². The van der Waals surface area contributed by atoms with Gasteiger partial charge in [-0.15, -0.1) is 0 Å². The summed E-state index contributed by atoms with van der Waals surface area (Å²) in [5.74, 6) is 0.0381. The summed E-state index contributed by atoms with van der Waals surface area (Å²) in [6, 6.07) is 0. The average Bonchev–Trinajstić information content (AvgIpc) is 2.70. The Hall–Kier alpha value is -1.43. The molecule has 0 bridgehead atoms. The predicted octanol–water partition coefficient (Wildman–Crippen LogP) is -0.514. The van der Waals surface area contributed by atoms with Crippen LogP contribution in [0.1, 0.15) is 17.5 Å². The molecule has 0 atom stereocenters. The van der Waals surface area contributed by atoms with Crippen LogP contribution in [0.15, 0.2) is 6.33 Å². The van der Waals surface area contributed by atoms with Crippen LogP contribution < -0.4 is 5.32 Å². The number of hydrogen-bond acceptors (Lipinski definition) is 4. The van der Waals surface area contributed by atoms with Gasteiger partial charge in [-0.05, 0) is 13.6 Å². The number of rotatable bonds is 5. The third-order valence-corrected chi connectivity index (χ3v) is 1.95. The summed E-state index contributed by atoms with van der Waals surface area (Å²) >= 11 is 0. The molecule has 2 N–H and O–H groups in total. The topological polar surface area (TPSA) is 73.9 Å². The maximum atomic E-state index is 11.3. The second kappa shape index (κ2) is 5.33. The number of amides is 1.